The van der Waals surface area contributed by atoms with Crippen LogP contribution >= 0.6 is 11.6 Å². The van der Waals surface area contributed by atoms with Gasteiger partial charge in [-0.1, -0.05) is 11.6 Å². The lowest BCUT2D eigenvalue weighted by atomic mass is 10.0. The molecule has 1 aromatic heterocycles. The number of carbonyl (C=O) groups excluding carboxylic acids is 3. The number of fused-ring (bicyclic) bond motifs is 1. The second kappa shape index (κ2) is 11.7. The van der Waals surface area contributed by atoms with E-state index in [0.29, 0.717) is 37.4 Å². The first-order chi connectivity index (χ1) is 21.4. The molecule has 3 atom stereocenters. The predicted molar refractivity (Wildman–Crippen MR) is 164 cm³/mol. The Morgan fingerprint density at radius 1 is 1.02 bits per heavy atom. The molecule has 0 spiro atoms. The average Bonchev–Trinajstić information content (AvgIpc) is 3.76. The zero-order valence-corrected chi connectivity index (χ0v) is 26.4. The van der Waals surface area contributed by atoms with Gasteiger partial charge in [-0.3, -0.25) is 14.4 Å². The summed E-state index contributed by atoms with van der Waals surface area (Å²) in [5.41, 5.74) is 0.789. The van der Waals surface area contributed by atoms with E-state index in [4.69, 9.17) is 16.3 Å². The summed E-state index contributed by atoms with van der Waals surface area (Å²) >= 11 is 6.52. The molecule has 45 heavy (non-hydrogen) atoms. The van der Waals surface area contributed by atoms with Crippen LogP contribution in [0.3, 0.4) is 0 Å². The van der Waals surface area contributed by atoms with Crippen molar-refractivity contribution in [2.24, 2.45) is 24.8 Å². The lowest BCUT2D eigenvalue weighted by molar-refractivity contribution is -0.878. The second-order valence-corrected chi connectivity index (χ2v) is 13.3. The maximum atomic E-state index is 14.7. The van der Waals surface area contributed by atoms with Gasteiger partial charge in [0, 0.05) is 62.7 Å². The third-order valence-electron chi connectivity index (χ3n) is 9.42. The van der Waals surface area contributed by atoms with Crippen LogP contribution < -0.4 is 10.1 Å². The number of carbonyl (C=O) groups is 3. The molecular weight excluding hydrogens is 606 g/mol. The standard InChI is InChI=1S/C32H35ClF2N6O4/c1-38-25(23-7-8-26(45-4)28(35)27(23)34)12-36-29(38)30(42)37-21-5-6-22(24(33)11-21)32(44)40-15-19-13-39(14-20(19)16-40)31(43)18-9-10-41(2,3)17-18/h5-8,11-12,18-20H,9-10,13-17H2,1-4H3/p+1/t18-,19-,20+/m1/s1. The van der Waals surface area contributed by atoms with E-state index in [1.54, 1.807) is 17.0 Å². The molecule has 0 saturated carbocycles. The summed E-state index contributed by atoms with van der Waals surface area (Å²) in [5, 5.41) is 2.89. The molecule has 0 unspecified atom stereocenters. The number of nitrogens with zero attached hydrogens (tertiary/aromatic N) is 5. The van der Waals surface area contributed by atoms with Crippen LogP contribution in [-0.2, 0) is 11.8 Å². The predicted octanol–water partition coefficient (Wildman–Crippen LogP) is 3.91. The highest BCUT2D eigenvalue weighted by Gasteiger charge is 2.46. The number of benzene rings is 2. The maximum absolute atomic E-state index is 14.7. The van der Waals surface area contributed by atoms with Crippen molar-refractivity contribution in [3.8, 4) is 17.0 Å². The highest BCUT2D eigenvalue weighted by Crippen LogP contribution is 2.35. The minimum absolute atomic E-state index is 0.0382. The number of rotatable bonds is 6. The number of anilines is 1. The maximum Gasteiger partial charge on any atom is 0.291 e. The molecule has 3 amide bonds. The van der Waals surface area contributed by atoms with E-state index in [2.05, 4.69) is 24.4 Å². The Bertz CT molecular complexity index is 1680. The van der Waals surface area contributed by atoms with Crippen LogP contribution in [0.2, 0.25) is 5.02 Å². The lowest BCUT2D eigenvalue weighted by Gasteiger charge is -2.26. The molecule has 238 valence electrons. The molecule has 0 radical (unpaired) electrons. The molecule has 3 saturated heterocycles. The molecule has 1 N–H and O–H groups in total. The minimum atomic E-state index is -1.14. The van der Waals surface area contributed by atoms with Gasteiger partial charge in [0.05, 0.1) is 62.7 Å². The molecule has 3 aliphatic rings. The Labute approximate surface area is 265 Å². The van der Waals surface area contributed by atoms with Crippen molar-refractivity contribution in [2.45, 2.75) is 6.42 Å². The molecule has 3 aromatic rings. The van der Waals surface area contributed by atoms with Crippen molar-refractivity contribution in [1.29, 1.82) is 0 Å². The Balaban J connectivity index is 1.08. The van der Waals surface area contributed by atoms with Gasteiger partial charge in [0.2, 0.25) is 11.7 Å². The molecule has 3 fully saturated rings. The molecule has 13 heteroatoms. The van der Waals surface area contributed by atoms with E-state index in [1.807, 2.05) is 4.90 Å². The number of ether oxygens (including phenoxy) is 1. The van der Waals surface area contributed by atoms with Crippen molar-refractivity contribution in [3.63, 3.8) is 0 Å². The highest BCUT2D eigenvalue weighted by atomic mass is 35.5. The summed E-state index contributed by atoms with van der Waals surface area (Å²) in [6, 6.07) is 7.30. The summed E-state index contributed by atoms with van der Waals surface area (Å²) in [4.78, 5) is 47.5. The monoisotopic (exact) mass is 641 g/mol. The SMILES string of the molecule is COc1ccc(-c2cnc(C(=O)Nc3ccc(C(=O)N4C[C@@H]5CN(C(=O)[C@@H]6CC[N+](C)(C)C6)C[C@@H]5C4)c(Cl)c3)n2C)c(F)c1F. The fraction of sp³-hybridized carbons (Fsp3) is 0.438. The van der Waals surface area contributed by atoms with E-state index in [0.717, 1.165) is 24.0 Å². The number of hydrogen-bond donors (Lipinski definition) is 1. The van der Waals surface area contributed by atoms with Crippen LogP contribution in [0, 0.1) is 29.4 Å². The lowest BCUT2D eigenvalue weighted by Crippen LogP contribution is -2.41. The van der Waals surface area contributed by atoms with Gasteiger partial charge in [-0.2, -0.15) is 4.39 Å². The summed E-state index contributed by atoms with van der Waals surface area (Å²) in [5.74, 6) is -2.50. The van der Waals surface area contributed by atoms with Gasteiger partial charge in [-0.25, -0.2) is 9.37 Å². The first-order valence-corrected chi connectivity index (χ1v) is 15.3. The number of nitrogens with one attached hydrogen (secondary N) is 1. The van der Waals surface area contributed by atoms with E-state index in [-0.39, 0.29) is 57.4 Å². The summed E-state index contributed by atoms with van der Waals surface area (Å²) in [6.45, 7) is 4.36. The molecular formula is C32H36ClF2N6O4+. The molecule has 0 bridgehead atoms. The quantitative estimate of drug-likeness (QED) is 0.412. The average molecular weight is 642 g/mol. The van der Waals surface area contributed by atoms with Crippen LogP contribution in [0.5, 0.6) is 5.75 Å². The zero-order valence-electron chi connectivity index (χ0n) is 25.6. The Kier molecular flexibility index (Phi) is 8.07. The van der Waals surface area contributed by atoms with Gasteiger partial charge in [0.15, 0.2) is 17.4 Å². The summed E-state index contributed by atoms with van der Waals surface area (Å²) in [6.07, 6.45) is 2.20. The Morgan fingerprint density at radius 3 is 2.33 bits per heavy atom. The van der Waals surface area contributed by atoms with Gasteiger partial charge < -0.3 is 28.9 Å². The number of methoxy groups -OCH3 is 1. The molecule has 2 aromatic carbocycles. The minimum Gasteiger partial charge on any atom is -0.494 e. The first-order valence-electron chi connectivity index (χ1n) is 14.9. The molecule has 4 heterocycles. The number of quaternary nitrogens is 1. The van der Waals surface area contributed by atoms with Crippen molar-refractivity contribution in [3.05, 3.63) is 64.6 Å². The van der Waals surface area contributed by atoms with Crippen molar-refractivity contribution < 1.29 is 32.4 Å². The van der Waals surface area contributed by atoms with E-state index < -0.39 is 17.5 Å². The fourth-order valence-corrected chi connectivity index (χ4v) is 7.23. The number of imidazole rings is 1. The molecule has 3 aliphatic heterocycles. The van der Waals surface area contributed by atoms with Gasteiger partial charge in [0.1, 0.15) is 0 Å². The van der Waals surface area contributed by atoms with Gasteiger partial charge >= 0.3 is 0 Å². The summed E-state index contributed by atoms with van der Waals surface area (Å²) in [7, 11) is 7.08. The molecule has 0 aliphatic carbocycles. The second-order valence-electron chi connectivity index (χ2n) is 12.9. The van der Waals surface area contributed by atoms with Crippen LogP contribution in [-0.4, -0.2) is 102 Å². The first kappa shape index (κ1) is 31.0. The largest absolute Gasteiger partial charge is 0.494 e. The number of amides is 3. The topological polar surface area (TPSA) is 96.8 Å². The molecule has 6 rings (SSSR count). The number of likely N-dealkylation sites (tertiary alicyclic amines) is 3. The Hall–Kier alpha value is -4.03. The van der Waals surface area contributed by atoms with E-state index >= 15 is 0 Å². The van der Waals surface area contributed by atoms with Gasteiger partial charge in [0.25, 0.3) is 11.8 Å². The van der Waals surface area contributed by atoms with Gasteiger partial charge in [-0.15, -0.1) is 0 Å². The number of hydrogen-bond acceptors (Lipinski definition) is 5. The zero-order chi connectivity index (χ0) is 32.2. The van der Waals surface area contributed by atoms with E-state index in [1.165, 1.54) is 43.1 Å². The van der Waals surface area contributed by atoms with Crippen molar-refractivity contribution in [2.75, 3.05) is 65.8 Å². The third-order valence-corrected chi connectivity index (χ3v) is 9.74. The van der Waals surface area contributed by atoms with Crippen molar-refractivity contribution >= 4 is 35.0 Å². The number of halogens is 3. The Morgan fingerprint density at radius 2 is 1.71 bits per heavy atom. The third kappa shape index (κ3) is 5.77. The number of aromatic nitrogens is 2. The fourth-order valence-electron chi connectivity index (χ4n) is 6.96. The van der Waals surface area contributed by atoms with Crippen LogP contribution in [0.15, 0.2) is 36.5 Å². The highest BCUT2D eigenvalue weighted by molar-refractivity contribution is 6.34. The van der Waals surface area contributed by atoms with Crippen LogP contribution in [0.25, 0.3) is 11.3 Å². The van der Waals surface area contributed by atoms with Crippen LogP contribution in [0.1, 0.15) is 27.4 Å². The van der Waals surface area contributed by atoms with E-state index in [9.17, 15) is 23.2 Å². The summed E-state index contributed by atoms with van der Waals surface area (Å²) < 4.78 is 36.0. The smallest absolute Gasteiger partial charge is 0.291 e. The van der Waals surface area contributed by atoms with Crippen LogP contribution in [0.4, 0.5) is 14.5 Å². The van der Waals surface area contributed by atoms with Crippen molar-refractivity contribution in [1.82, 2.24) is 19.4 Å². The molecule has 10 nitrogen and oxygen atoms in total. The normalized spacial score (nSPS) is 22.1. The van der Waals surface area contributed by atoms with Gasteiger partial charge in [-0.05, 0) is 30.3 Å².